The molecule has 0 spiro atoms. The highest BCUT2D eigenvalue weighted by Crippen LogP contribution is 2.35. The van der Waals surface area contributed by atoms with E-state index in [1.807, 2.05) is 12.2 Å². The Morgan fingerprint density at radius 3 is 1.73 bits per heavy atom. The maximum atomic E-state index is 3.78. The Morgan fingerprint density at radius 1 is 1.18 bits per heavy atom. The van der Waals surface area contributed by atoms with Gasteiger partial charge in [0.2, 0.25) is 0 Å². The van der Waals surface area contributed by atoms with Crippen molar-refractivity contribution in [1.82, 2.24) is 0 Å². The predicted molar refractivity (Wildman–Crippen MR) is 52.6 cm³/mol. The van der Waals surface area contributed by atoms with Gasteiger partial charge < -0.3 is 0 Å². The van der Waals surface area contributed by atoms with Crippen molar-refractivity contribution in [2.75, 3.05) is 0 Å². The zero-order valence-corrected chi connectivity index (χ0v) is 8.06. The molecule has 0 aromatic carbocycles. The number of hydrogen-bond acceptors (Lipinski definition) is 0. The van der Waals surface area contributed by atoms with Crippen LogP contribution in [-0.4, -0.2) is 0 Å². The molecular formula is C11H20. The lowest BCUT2D eigenvalue weighted by Crippen LogP contribution is -2.21. The third-order valence-electron chi connectivity index (χ3n) is 2.62. The smallest absolute Gasteiger partial charge is 0.0234 e. The SMILES string of the molecule is C=CCC(C)(CC=C)C(C)C. The molecule has 0 rings (SSSR count). The fourth-order valence-electron chi connectivity index (χ4n) is 1.21. The molecule has 11 heavy (non-hydrogen) atoms. The molecule has 0 heteroatoms. The molecule has 0 bridgehead atoms. The van der Waals surface area contributed by atoms with Crippen molar-refractivity contribution in [1.29, 1.82) is 0 Å². The fourth-order valence-corrected chi connectivity index (χ4v) is 1.21. The monoisotopic (exact) mass is 152 g/mol. The molecule has 0 fully saturated rings. The maximum absolute atomic E-state index is 3.78. The van der Waals surface area contributed by atoms with E-state index in [1.54, 1.807) is 0 Å². The lowest BCUT2D eigenvalue weighted by Gasteiger charge is -2.31. The molecule has 0 aliphatic heterocycles. The first kappa shape index (κ1) is 10.5. The van der Waals surface area contributed by atoms with E-state index in [2.05, 4.69) is 33.9 Å². The van der Waals surface area contributed by atoms with Crippen molar-refractivity contribution in [3.05, 3.63) is 25.3 Å². The molecule has 0 radical (unpaired) electrons. The second-order valence-electron chi connectivity index (χ2n) is 3.79. The highest BCUT2D eigenvalue weighted by Gasteiger charge is 2.24. The van der Waals surface area contributed by atoms with Crippen molar-refractivity contribution >= 4 is 0 Å². The second kappa shape index (κ2) is 4.38. The van der Waals surface area contributed by atoms with Gasteiger partial charge in [-0.15, -0.1) is 13.2 Å². The van der Waals surface area contributed by atoms with Crippen LogP contribution in [0.2, 0.25) is 0 Å². The van der Waals surface area contributed by atoms with Crippen LogP contribution in [0.15, 0.2) is 25.3 Å². The molecule has 0 N–H and O–H groups in total. The molecule has 0 nitrogen and oxygen atoms in total. The maximum Gasteiger partial charge on any atom is -0.0234 e. The zero-order chi connectivity index (χ0) is 8.91. The summed E-state index contributed by atoms with van der Waals surface area (Å²) in [5, 5.41) is 0. The molecule has 0 aromatic heterocycles. The summed E-state index contributed by atoms with van der Waals surface area (Å²) in [6, 6.07) is 0. The fraction of sp³-hybridized carbons (Fsp3) is 0.636. The molecular weight excluding hydrogens is 132 g/mol. The third kappa shape index (κ3) is 2.92. The lowest BCUT2D eigenvalue weighted by molar-refractivity contribution is 0.225. The van der Waals surface area contributed by atoms with E-state index < -0.39 is 0 Å². The summed E-state index contributed by atoms with van der Waals surface area (Å²) in [7, 11) is 0. The summed E-state index contributed by atoms with van der Waals surface area (Å²) in [5.41, 5.74) is 0.365. The van der Waals surface area contributed by atoms with Gasteiger partial charge in [0, 0.05) is 0 Å². The Hall–Kier alpha value is -0.520. The average Bonchev–Trinajstić information content (AvgIpc) is 1.88. The minimum absolute atomic E-state index is 0.365. The van der Waals surface area contributed by atoms with Gasteiger partial charge in [-0.1, -0.05) is 32.9 Å². The second-order valence-corrected chi connectivity index (χ2v) is 3.79. The van der Waals surface area contributed by atoms with Crippen LogP contribution in [0.1, 0.15) is 33.6 Å². The average molecular weight is 152 g/mol. The molecule has 64 valence electrons. The summed E-state index contributed by atoms with van der Waals surface area (Å²) < 4.78 is 0. The molecule has 0 aliphatic rings. The van der Waals surface area contributed by atoms with E-state index in [-0.39, 0.29) is 0 Å². The summed E-state index contributed by atoms with van der Waals surface area (Å²) in [5.74, 6) is 0.693. The lowest BCUT2D eigenvalue weighted by atomic mass is 9.74. The minimum Gasteiger partial charge on any atom is -0.103 e. The van der Waals surface area contributed by atoms with Crippen LogP contribution in [-0.2, 0) is 0 Å². The summed E-state index contributed by atoms with van der Waals surface area (Å²) in [6.45, 7) is 14.4. The number of hydrogen-bond donors (Lipinski definition) is 0. The Bertz CT molecular complexity index is 121. The highest BCUT2D eigenvalue weighted by molar-refractivity contribution is 4.90. The Kier molecular flexibility index (Phi) is 4.17. The minimum atomic E-state index is 0.365. The van der Waals surface area contributed by atoms with E-state index in [9.17, 15) is 0 Å². The van der Waals surface area contributed by atoms with Gasteiger partial charge in [-0.25, -0.2) is 0 Å². The van der Waals surface area contributed by atoms with Crippen LogP contribution in [0.25, 0.3) is 0 Å². The van der Waals surface area contributed by atoms with Crippen molar-refractivity contribution in [2.24, 2.45) is 11.3 Å². The van der Waals surface area contributed by atoms with Gasteiger partial charge in [0.15, 0.2) is 0 Å². The molecule has 0 heterocycles. The van der Waals surface area contributed by atoms with Gasteiger partial charge in [0.1, 0.15) is 0 Å². The van der Waals surface area contributed by atoms with Crippen LogP contribution in [0.3, 0.4) is 0 Å². The van der Waals surface area contributed by atoms with Gasteiger partial charge >= 0.3 is 0 Å². The van der Waals surface area contributed by atoms with Gasteiger partial charge in [-0.2, -0.15) is 0 Å². The van der Waals surface area contributed by atoms with Crippen LogP contribution < -0.4 is 0 Å². The van der Waals surface area contributed by atoms with Crippen molar-refractivity contribution < 1.29 is 0 Å². The van der Waals surface area contributed by atoms with Crippen molar-refractivity contribution in [3.8, 4) is 0 Å². The molecule has 0 saturated heterocycles. The topological polar surface area (TPSA) is 0 Å². The standard InChI is InChI=1S/C11H20/c1-6-8-11(5,9-7-2)10(3)4/h6-7,10H,1-2,8-9H2,3-5H3. The van der Waals surface area contributed by atoms with Crippen molar-refractivity contribution in [3.63, 3.8) is 0 Å². The van der Waals surface area contributed by atoms with E-state index in [1.165, 1.54) is 0 Å². The van der Waals surface area contributed by atoms with Gasteiger partial charge in [0.05, 0.1) is 0 Å². The first-order valence-corrected chi connectivity index (χ1v) is 4.28. The van der Waals surface area contributed by atoms with Crippen LogP contribution in [0, 0.1) is 11.3 Å². The summed E-state index contributed by atoms with van der Waals surface area (Å²) in [6.07, 6.45) is 6.17. The number of allylic oxidation sites excluding steroid dienone is 2. The van der Waals surface area contributed by atoms with E-state index in [0.717, 1.165) is 12.8 Å². The molecule has 0 saturated carbocycles. The molecule has 0 aromatic rings. The van der Waals surface area contributed by atoms with E-state index >= 15 is 0 Å². The van der Waals surface area contributed by atoms with Crippen LogP contribution >= 0.6 is 0 Å². The first-order chi connectivity index (χ1) is 5.06. The molecule has 0 aliphatic carbocycles. The quantitative estimate of drug-likeness (QED) is 0.526. The molecule has 0 amide bonds. The largest absolute Gasteiger partial charge is 0.103 e. The van der Waals surface area contributed by atoms with E-state index in [0.29, 0.717) is 11.3 Å². The Balaban J connectivity index is 4.23. The molecule has 0 atom stereocenters. The number of rotatable bonds is 5. The zero-order valence-electron chi connectivity index (χ0n) is 8.06. The van der Waals surface area contributed by atoms with Crippen LogP contribution in [0.4, 0.5) is 0 Å². The summed E-state index contributed by atoms with van der Waals surface area (Å²) >= 11 is 0. The summed E-state index contributed by atoms with van der Waals surface area (Å²) in [4.78, 5) is 0. The Morgan fingerprint density at radius 2 is 1.55 bits per heavy atom. The highest BCUT2D eigenvalue weighted by atomic mass is 14.3. The predicted octanol–water partition coefficient (Wildman–Crippen LogP) is 3.80. The van der Waals surface area contributed by atoms with Gasteiger partial charge in [-0.05, 0) is 24.2 Å². The van der Waals surface area contributed by atoms with Gasteiger partial charge in [0.25, 0.3) is 0 Å². The third-order valence-corrected chi connectivity index (χ3v) is 2.62. The van der Waals surface area contributed by atoms with Crippen molar-refractivity contribution in [2.45, 2.75) is 33.6 Å². The van der Waals surface area contributed by atoms with E-state index in [4.69, 9.17) is 0 Å². The first-order valence-electron chi connectivity index (χ1n) is 4.28. The van der Waals surface area contributed by atoms with Gasteiger partial charge in [-0.3, -0.25) is 0 Å². The normalized spacial score (nSPS) is 11.6. The van der Waals surface area contributed by atoms with Crippen LogP contribution in [0.5, 0.6) is 0 Å². The Labute approximate surface area is 71.0 Å². The molecule has 0 unspecified atom stereocenters.